The third kappa shape index (κ3) is 3.71. The highest BCUT2D eigenvalue weighted by molar-refractivity contribution is 6.30. The Hall–Kier alpha value is -0.570. The molecule has 3 atom stereocenters. The molecular formula is C15H22ClNO. The lowest BCUT2D eigenvalue weighted by Gasteiger charge is -2.31. The Balaban J connectivity index is 1.90. The molecule has 1 heterocycles. The fourth-order valence-electron chi connectivity index (χ4n) is 2.52. The first-order valence-corrected chi connectivity index (χ1v) is 7.20. The first-order chi connectivity index (χ1) is 8.69. The van der Waals surface area contributed by atoms with E-state index in [1.54, 1.807) is 0 Å². The average molecular weight is 268 g/mol. The summed E-state index contributed by atoms with van der Waals surface area (Å²) in [4.78, 5) is 0. The van der Waals surface area contributed by atoms with Gasteiger partial charge in [-0.05, 0) is 43.9 Å². The summed E-state index contributed by atoms with van der Waals surface area (Å²) in [5, 5.41) is 4.49. The highest BCUT2D eigenvalue weighted by atomic mass is 35.5. The summed E-state index contributed by atoms with van der Waals surface area (Å²) in [6, 6.07) is 9.02. The Morgan fingerprint density at radius 3 is 2.78 bits per heavy atom. The van der Waals surface area contributed by atoms with Gasteiger partial charge in [-0.2, -0.15) is 0 Å². The molecule has 1 N–H and O–H groups in total. The van der Waals surface area contributed by atoms with E-state index < -0.39 is 0 Å². The minimum absolute atomic E-state index is 0.364. The molecule has 3 unspecified atom stereocenters. The number of halogens is 1. The second-order valence-electron chi connectivity index (χ2n) is 5.06. The van der Waals surface area contributed by atoms with Crippen molar-refractivity contribution >= 4 is 11.6 Å². The van der Waals surface area contributed by atoms with Crippen molar-refractivity contribution in [1.82, 2.24) is 5.32 Å². The van der Waals surface area contributed by atoms with Crippen LogP contribution in [-0.4, -0.2) is 18.8 Å². The first kappa shape index (κ1) is 13.9. The van der Waals surface area contributed by atoms with E-state index in [0.29, 0.717) is 18.2 Å². The van der Waals surface area contributed by atoms with Crippen molar-refractivity contribution in [1.29, 1.82) is 0 Å². The molecular weight excluding hydrogens is 246 g/mol. The minimum Gasteiger partial charge on any atom is -0.378 e. The third-order valence-corrected chi connectivity index (χ3v) is 3.93. The molecule has 1 aromatic rings. The maximum absolute atomic E-state index is 5.91. The largest absolute Gasteiger partial charge is 0.378 e. The van der Waals surface area contributed by atoms with Crippen molar-refractivity contribution in [3.63, 3.8) is 0 Å². The summed E-state index contributed by atoms with van der Waals surface area (Å²) < 4.78 is 5.70. The molecule has 2 rings (SSSR count). The van der Waals surface area contributed by atoms with Crippen LogP contribution in [0.4, 0.5) is 0 Å². The van der Waals surface area contributed by atoms with Crippen LogP contribution in [0.2, 0.25) is 5.02 Å². The predicted octanol–water partition coefficient (Wildman–Crippen LogP) is 3.95. The highest BCUT2D eigenvalue weighted by Crippen LogP contribution is 2.21. The van der Waals surface area contributed by atoms with Crippen LogP contribution in [0, 0.1) is 0 Å². The molecule has 100 valence electrons. The summed E-state index contributed by atoms with van der Waals surface area (Å²) in [6.07, 6.45) is 3.75. The van der Waals surface area contributed by atoms with E-state index in [-0.39, 0.29) is 0 Å². The zero-order valence-corrected chi connectivity index (χ0v) is 11.9. The second kappa shape index (κ2) is 6.55. The molecule has 0 saturated carbocycles. The summed E-state index contributed by atoms with van der Waals surface area (Å²) in [5.74, 6) is 0. The van der Waals surface area contributed by atoms with Crippen molar-refractivity contribution < 1.29 is 4.74 Å². The SMILES string of the molecule is CCC1CC(NC(C)c2ccc(Cl)cc2)CCO1. The smallest absolute Gasteiger partial charge is 0.0587 e. The van der Waals surface area contributed by atoms with Crippen LogP contribution in [0.1, 0.15) is 44.7 Å². The van der Waals surface area contributed by atoms with Gasteiger partial charge in [0.25, 0.3) is 0 Å². The summed E-state index contributed by atoms with van der Waals surface area (Å²) in [7, 11) is 0. The monoisotopic (exact) mass is 267 g/mol. The Bertz CT molecular complexity index is 365. The highest BCUT2D eigenvalue weighted by Gasteiger charge is 2.22. The van der Waals surface area contributed by atoms with Gasteiger partial charge in [0.1, 0.15) is 0 Å². The Kier molecular flexibility index (Phi) is 5.04. The van der Waals surface area contributed by atoms with Crippen molar-refractivity contribution in [3.05, 3.63) is 34.9 Å². The second-order valence-corrected chi connectivity index (χ2v) is 5.50. The lowest BCUT2D eigenvalue weighted by Crippen LogP contribution is -2.39. The van der Waals surface area contributed by atoms with Gasteiger partial charge < -0.3 is 10.1 Å². The van der Waals surface area contributed by atoms with Gasteiger partial charge >= 0.3 is 0 Å². The van der Waals surface area contributed by atoms with E-state index in [4.69, 9.17) is 16.3 Å². The van der Waals surface area contributed by atoms with Crippen LogP contribution >= 0.6 is 11.6 Å². The zero-order chi connectivity index (χ0) is 13.0. The van der Waals surface area contributed by atoms with Crippen molar-refractivity contribution in [2.45, 2.75) is 51.3 Å². The van der Waals surface area contributed by atoms with Crippen molar-refractivity contribution in [2.24, 2.45) is 0 Å². The van der Waals surface area contributed by atoms with E-state index in [2.05, 4.69) is 31.3 Å². The molecule has 3 heteroatoms. The van der Waals surface area contributed by atoms with Gasteiger partial charge in [-0.15, -0.1) is 0 Å². The number of rotatable bonds is 4. The van der Waals surface area contributed by atoms with Gasteiger partial charge in [-0.3, -0.25) is 0 Å². The van der Waals surface area contributed by atoms with E-state index in [9.17, 15) is 0 Å². The molecule has 0 spiro atoms. The molecule has 1 fully saturated rings. The van der Waals surface area contributed by atoms with Crippen LogP contribution in [0.3, 0.4) is 0 Å². The lowest BCUT2D eigenvalue weighted by molar-refractivity contribution is -0.00165. The van der Waals surface area contributed by atoms with Gasteiger partial charge in [-0.1, -0.05) is 30.7 Å². The van der Waals surface area contributed by atoms with Crippen LogP contribution < -0.4 is 5.32 Å². The normalized spacial score (nSPS) is 25.9. The molecule has 1 aromatic carbocycles. The predicted molar refractivity (Wildman–Crippen MR) is 76.1 cm³/mol. The van der Waals surface area contributed by atoms with Gasteiger partial charge in [0.2, 0.25) is 0 Å². The number of benzene rings is 1. The summed E-state index contributed by atoms with van der Waals surface area (Å²) >= 11 is 5.91. The van der Waals surface area contributed by atoms with Gasteiger partial charge in [0.05, 0.1) is 6.10 Å². The molecule has 0 aliphatic carbocycles. The number of hydrogen-bond acceptors (Lipinski definition) is 2. The van der Waals surface area contributed by atoms with Gasteiger partial charge in [0, 0.05) is 23.7 Å². The molecule has 0 amide bonds. The summed E-state index contributed by atoms with van der Waals surface area (Å²) in [6.45, 7) is 5.28. The number of ether oxygens (including phenoxy) is 1. The quantitative estimate of drug-likeness (QED) is 0.892. The molecule has 1 aliphatic heterocycles. The maximum Gasteiger partial charge on any atom is 0.0587 e. The minimum atomic E-state index is 0.364. The average Bonchev–Trinajstić information content (AvgIpc) is 2.39. The van der Waals surface area contributed by atoms with Crippen LogP contribution in [0.15, 0.2) is 24.3 Å². The fraction of sp³-hybridized carbons (Fsp3) is 0.600. The number of hydrogen-bond donors (Lipinski definition) is 1. The summed E-state index contributed by atoms with van der Waals surface area (Å²) in [5.41, 5.74) is 1.29. The molecule has 0 radical (unpaired) electrons. The molecule has 18 heavy (non-hydrogen) atoms. The van der Waals surface area contributed by atoms with Crippen LogP contribution in [0.25, 0.3) is 0 Å². The molecule has 1 saturated heterocycles. The topological polar surface area (TPSA) is 21.3 Å². The van der Waals surface area contributed by atoms with Crippen LogP contribution in [-0.2, 0) is 4.74 Å². The van der Waals surface area contributed by atoms with Crippen molar-refractivity contribution in [2.75, 3.05) is 6.61 Å². The van der Waals surface area contributed by atoms with Crippen molar-refractivity contribution in [3.8, 4) is 0 Å². The van der Waals surface area contributed by atoms with E-state index in [1.807, 2.05) is 12.1 Å². The Labute approximate surface area is 115 Å². The van der Waals surface area contributed by atoms with E-state index in [1.165, 1.54) is 5.56 Å². The van der Waals surface area contributed by atoms with E-state index >= 15 is 0 Å². The standard InChI is InChI=1S/C15H22ClNO/c1-3-15-10-14(8-9-18-15)17-11(2)12-4-6-13(16)7-5-12/h4-7,11,14-15,17H,3,8-10H2,1-2H3. The number of nitrogens with one attached hydrogen (secondary N) is 1. The molecule has 0 bridgehead atoms. The first-order valence-electron chi connectivity index (χ1n) is 6.82. The fourth-order valence-corrected chi connectivity index (χ4v) is 2.64. The third-order valence-electron chi connectivity index (χ3n) is 3.68. The molecule has 2 nitrogen and oxygen atoms in total. The van der Waals surface area contributed by atoms with Gasteiger partial charge in [0.15, 0.2) is 0 Å². The lowest BCUT2D eigenvalue weighted by atomic mass is 9.99. The zero-order valence-electron chi connectivity index (χ0n) is 11.2. The maximum atomic E-state index is 5.91. The van der Waals surface area contributed by atoms with E-state index in [0.717, 1.165) is 30.9 Å². The molecule has 1 aliphatic rings. The molecule has 0 aromatic heterocycles. The van der Waals surface area contributed by atoms with Gasteiger partial charge in [-0.25, -0.2) is 0 Å². The Morgan fingerprint density at radius 1 is 1.39 bits per heavy atom. The van der Waals surface area contributed by atoms with Crippen LogP contribution in [0.5, 0.6) is 0 Å². The Morgan fingerprint density at radius 2 is 2.11 bits per heavy atom.